The van der Waals surface area contributed by atoms with Gasteiger partial charge in [0.25, 0.3) is 0 Å². The third-order valence-corrected chi connectivity index (χ3v) is 13.3. The number of hydrogen-bond acceptors (Lipinski definition) is 2. The molecule has 0 atom stereocenters. The summed E-state index contributed by atoms with van der Waals surface area (Å²) < 4.78 is 13.2. The molecule has 0 radical (unpaired) electrons. The minimum atomic E-state index is -1.01. The summed E-state index contributed by atoms with van der Waals surface area (Å²) in [6, 6.07) is 51.2. The maximum absolute atomic E-state index is 7.08. The van der Waals surface area contributed by atoms with E-state index >= 15 is 0 Å². The molecule has 0 amide bonds. The van der Waals surface area contributed by atoms with Crippen molar-refractivity contribution in [3.8, 4) is 22.6 Å². The summed E-state index contributed by atoms with van der Waals surface area (Å²) in [7, 11) is -2.01. The van der Waals surface area contributed by atoms with E-state index in [-0.39, 0.29) is 0 Å². The van der Waals surface area contributed by atoms with Crippen molar-refractivity contribution in [2.24, 2.45) is 0 Å². The van der Waals surface area contributed by atoms with Gasteiger partial charge >= 0.3 is 0 Å². The maximum Gasteiger partial charge on any atom is 0.146 e. The number of hydrogen-bond donors (Lipinski definition) is 0. The van der Waals surface area contributed by atoms with Crippen LogP contribution in [0.1, 0.15) is 6.42 Å². The van der Waals surface area contributed by atoms with Crippen molar-refractivity contribution in [1.82, 2.24) is 0 Å². The van der Waals surface area contributed by atoms with Gasteiger partial charge in [0.15, 0.2) is 0 Å². The van der Waals surface area contributed by atoms with E-state index in [1.807, 2.05) is 12.1 Å². The Balaban J connectivity index is 1.60. The summed E-state index contributed by atoms with van der Waals surface area (Å²) in [5, 5.41) is 8.40. The number of rotatable bonds is 6. The fraction of sp³-hybridized carbons (Fsp3) is 0.0769. The monoisotopic (exact) mass is 662 g/mol. The van der Waals surface area contributed by atoms with Gasteiger partial charge in [0.05, 0.1) is 23.3 Å². The quantitative estimate of drug-likeness (QED) is 0.167. The SMILES string of the molecule is Clc1ccc(P(c2ccccc2)c2ccccc2)c2c1OCCCOc1c(Cl)ccc(P(c3ccccc3)c3ccccc3)c1-2. The Morgan fingerprint density at radius 1 is 0.400 bits per heavy atom. The second-order valence-electron chi connectivity index (χ2n) is 10.6. The molecule has 1 aliphatic rings. The zero-order valence-electron chi connectivity index (χ0n) is 24.4. The molecule has 45 heavy (non-hydrogen) atoms. The van der Waals surface area contributed by atoms with E-state index in [1.165, 1.54) is 21.2 Å². The van der Waals surface area contributed by atoms with Gasteiger partial charge in [-0.25, -0.2) is 0 Å². The molecule has 0 N–H and O–H groups in total. The number of fused-ring (bicyclic) bond motifs is 3. The Morgan fingerprint density at radius 2 is 0.711 bits per heavy atom. The van der Waals surface area contributed by atoms with Gasteiger partial charge in [-0.1, -0.05) is 157 Å². The molecule has 0 fully saturated rings. The van der Waals surface area contributed by atoms with Gasteiger partial charge in [-0.3, -0.25) is 0 Å². The van der Waals surface area contributed by atoms with Gasteiger partial charge in [0.1, 0.15) is 11.5 Å². The molecule has 6 heteroatoms. The van der Waals surface area contributed by atoms with E-state index in [0.717, 1.165) is 21.7 Å². The van der Waals surface area contributed by atoms with Crippen molar-refractivity contribution >= 4 is 70.9 Å². The van der Waals surface area contributed by atoms with Gasteiger partial charge in [0.2, 0.25) is 0 Å². The van der Waals surface area contributed by atoms with E-state index in [1.54, 1.807) is 0 Å². The van der Waals surface area contributed by atoms with Crippen LogP contribution >= 0.6 is 39.0 Å². The summed E-state index contributed by atoms with van der Waals surface area (Å²) >= 11 is 14.2. The van der Waals surface area contributed by atoms with Crippen molar-refractivity contribution < 1.29 is 9.47 Å². The molecular weight excluding hydrogens is 633 g/mol. The average Bonchev–Trinajstić information content (AvgIpc) is 3.19. The lowest BCUT2D eigenvalue weighted by Crippen LogP contribution is -2.26. The molecule has 6 aromatic rings. The van der Waals surface area contributed by atoms with E-state index in [2.05, 4.69) is 133 Å². The third-order valence-electron chi connectivity index (χ3n) is 7.75. The predicted molar refractivity (Wildman–Crippen MR) is 195 cm³/mol. The first-order valence-corrected chi connectivity index (χ1v) is 18.4. The zero-order valence-corrected chi connectivity index (χ0v) is 27.7. The minimum absolute atomic E-state index is 0.484. The lowest BCUT2D eigenvalue weighted by molar-refractivity contribution is 0.252. The molecule has 0 saturated heterocycles. The van der Waals surface area contributed by atoms with Crippen LogP contribution in [0.4, 0.5) is 0 Å². The Labute approximate surface area is 277 Å². The van der Waals surface area contributed by atoms with Gasteiger partial charge in [-0.05, 0) is 59.8 Å². The molecule has 0 aliphatic carbocycles. The second kappa shape index (κ2) is 13.8. The molecule has 2 nitrogen and oxygen atoms in total. The van der Waals surface area contributed by atoms with Crippen LogP contribution in [0.15, 0.2) is 146 Å². The van der Waals surface area contributed by atoms with Crippen LogP contribution in [0.2, 0.25) is 10.0 Å². The first-order chi connectivity index (χ1) is 22.2. The van der Waals surface area contributed by atoms with Gasteiger partial charge in [-0.2, -0.15) is 0 Å². The van der Waals surface area contributed by atoms with Crippen LogP contribution in [0, 0.1) is 0 Å². The fourth-order valence-electron chi connectivity index (χ4n) is 5.80. The summed E-state index contributed by atoms with van der Waals surface area (Å²) in [5.74, 6) is 1.36. The van der Waals surface area contributed by atoms with E-state index in [9.17, 15) is 0 Å². The van der Waals surface area contributed by atoms with Crippen LogP contribution in [0.3, 0.4) is 0 Å². The second-order valence-corrected chi connectivity index (χ2v) is 15.8. The number of benzene rings is 6. The first-order valence-electron chi connectivity index (χ1n) is 14.9. The van der Waals surface area contributed by atoms with Crippen LogP contribution in [0.25, 0.3) is 11.1 Å². The highest BCUT2D eigenvalue weighted by molar-refractivity contribution is 7.80. The molecular formula is C39H30Cl2O2P2. The maximum atomic E-state index is 7.08. The van der Waals surface area contributed by atoms with Gasteiger partial charge in [-0.15, -0.1) is 0 Å². The normalized spacial score (nSPS) is 12.7. The van der Waals surface area contributed by atoms with Crippen molar-refractivity contribution in [3.05, 3.63) is 156 Å². The summed E-state index contributed by atoms with van der Waals surface area (Å²) in [5.41, 5.74) is 1.91. The standard InChI is InChI=1S/C39H30Cl2O2P2/c40-32-22-24-34(44(28-14-5-1-6-15-28)29-16-7-2-8-17-29)36-37-35(25-23-33(41)39(37)43-27-13-26-42-38(32)36)45(30-18-9-3-10-19-30)31-20-11-4-12-21-31/h1-12,14-25H,13,26-27H2. The molecule has 222 valence electrons. The van der Waals surface area contributed by atoms with Crippen LogP contribution in [0.5, 0.6) is 11.5 Å². The third kappa shape index (κ3) is 6.14. The minimum Gasteiger partial charge on any atom is -0.491 e. The highest BCUT2D eigenvalue weighted by Gasteiger charge is 2.32. The topological polar surface area (TPSA) is 18.5 Å². The van der Waals surface area contributed by atoms with Gasteiger partial charge in [0, 0.05) is 17.5 Å². The molecule has 0 spiro atoms. The lowest BCUT2D eigenvalue weighted by atomic mass is 10.0. The molecule has 1 heterocycles. The summed E-state index contributed by atoms with van der Waals surface area (Å²) in [6.45, 7) is 0.968. The molecule has 0 bridgehead atoms. The van der Waals surface area contributed by atoms with Gasteiger partial charge < -0.3 is 9.47 Å². The van der Waals surface area contributed by atoms with E-state index in [4.69, 9.17) is 32.7 Å². The fourth-order valence-corrected chi connectivity index (χ4v) is 11.1. The number of halogens is 2. The Bertz CT molecular complexity index is 1680. The lowest BCUT2D eigenvalue weighted by Gasteiger charge is -2.29. The Hall–Kier alpha value is -3.64. The Kier molecular flexibility index (Phi) is 9.20. The molecule has 0 unspecified atom stereocenters. The zero-order chi connectivity index (χ0) is 30.6. The van der Waals surface area contributed by atoms with E-state index < -0.39 is 15.8 Å². The first kappa shape index (κ1) is 30.0. The highest BCUT2D eigenvalue weighted by atomic mass is 35.5. The molecule has 7 rings (SSSR count). The largest absolute Gasteiger partial charge is 0.491 e. The van der Waals surface area contributed by atoms with Crippen molar-refractivity contribution in [1.29, 1.82) is 0 Å². The van der Waals surface area contributed by atoms with Crippen LogP contribution < -0.4 is 41.3 Å². The number of ether oxygens (including phenoxy) is 2. The Morgan fingerprint density at radius 3 is 1.02 bits per heavy atom. The average molecular weight is 664 g/mol. The van der Waals surface area contributed by atoms with Crippen molar-refractivity contribution in [2.45, 2.75) is 6.42 Å². The summed E-state index contributed by atoms with van der Waals surface area (Å²) in [6.07, 6.45) is 0.707. The molecule has 1 aliphatic heterocycles. The molecule has 0 aromatic heterocycles. The smallest absolute Gasteiger partial charge is 0.146 e. The van der Waals surface area contributed by atoms with Crippen molar-refractivity contribution in [2.75, 3.05) is 13.2 Å². The van der Waals surface area contributed by atoms with Crippen molar-refractivity contribution in [3.63, 3.8) is 0 Å². The highest BCUT2D eigenvalue weighted by Crippen LogP contribution is 2.50. The van der Waals surface area contributed by atoms with Crippen LogP contribution in [-0.2, 0) is 0 Å². The summed E-state index contributed by atoms with van der Waals surface area (Å²) in [4.78, 5) is 0. The predicted octanol–water partition coefficient (Wildman–Crippen LogP) is 8.34. The molecule has 6 aromatic carbocycles. The van der Waals surface area contributed by atoms with Crippen LogP contribution in [-0.4, -0.2) is 13.2 Å². The van der Waals surface area contributed by atoms with E-state index in [0.29, 0.717) is 41.2 Å². The molecule has 0 saturated carbocycles.